The number of nitro groups is 1. The molecule has 2 aromatic rings. The fourth-order valence-corrected chi connectivity index (χ4v) is 2.34. The fraction of sp³-hybridized carbons (Fsp3) is 0.214. The number of nitrogens with zero attached hydrogens (tertiary/aromatic N) is 2. The van der Waals surface area contributed by atoms with E-state index >= 15 is 0 Å². The highest BCUT2D eigenvalue weighted by atomic mass is 79.9. The molecule has 1 heterocycles. The maximum absolute atomic E-state index is 12.3. The molecule has 0 saturated carbocycles. The third kappa shape index (κ3) is 3.13. The summed E-state index contributed by atoms with van der Waals surface area (Å²) in [5, 5.41) is 13.6. The molecule has 2 rings (SSSR count). The molecule has 1 aromatic carbocycles. The van der Waals surface area contributed by atoms with Crippen molar-refractivity contribution in [3.8, 4) is 0 Å². The molecule has 0 aliphatic heterocycles. The summed E-state index contributed by atoms with van der Waals surface area (Å²) in [5.74, 6) is -0.378. The van der Waals surface area contributed by atoms with Crippen molar-refractivity contribution >= 4 is 33.2 Å². The Bertz CT molecular complexity index is 709. The van der Waals surface area contributed by atoms with Gasteiger partial charge in [0.1, 0.15) is 5.69 Å². The van der Waals surface area contributed by atoms with Crippen molar-refractivity contribution in [3.05, 3.63) is 56.3 Å². The van der Waals surface area contributed by atoms with Crippen molar-refractivity contribution in [3.63, 3.8) is 0 Å². The highest BCUT2D eigenvalue weighted by Crippen LogP contribution is 2.26. The van der Waals surface area contributed by atoms with E-state index in [9.17, 15) is 14.9 Å². The van der Waals surface area contributed by atoms with Crippen LogP contribution in [-0.2, 0) is 6.54 Å². The summed E-state index contributed by atoms with van der Waals surface area (Å²) >= 11 is 3.42. The van der Waals surface area contributed by atoms with Gasteiger partial charge in [0.15, 0.2) is 0 Å². The summed E-state index contributed by atoms with van der Waals surface area (Å²) in [5.41, 5.74) is 1.79. The average Bonchev–Trinajstić information content (AvgIpc) is 2.88. The monoisotopic (exact) mass is 351 g/mol. The molecule has 6 nitrogen and oxygen atoms in total. The molecule has 0 fully saturated rings. The summed E-state index contributed by atoms with van der Waals surface area (Å²) in [6, 6.07) is 6.79. The van der Waals surface area contributed by atoms with Crippen LogP contribution in [0.25, 0.3) is 0 Å². The topological polar surface area (TPSA) is 77.2 Å². The lowest BCUT2D eigenvalue weighted by Crippen LogP contribution is -2.16. The first-order chi connectivity index (χ1) is 9.93. The van der Waals surface area contributed by atoms with Crippen LogP contribution >= 0.6 is 15.9 Å². The Hall–Kier alpha value is -2.15. The SMILES string of the molecule is CCn1cc([N+](=O)[O-])cc1C(=O)Nc1cccc(C)c1Br. The number of carbonyl (C=O) groups is 1. The van der Waals surface area contributed by atoms with Crippen molar-refractivity contribution in [2.75, 3.05) is 5.32 Å². The molecule has 0 bridgehead atoms. The van der Waals surface area contributed by atoms with Gasteiger partial charge in [-0.15, -0.1) is 0 Å². The second-order valence-electron chi connectivity index (χ2n) is 4.52. The van der Waals surface area contributed by atoms with Crippen LogP contribution in [0.1, 0.15) is 23.0 Å². The number of anilines is 1. The smallest absolute Gasteiger partial charge is 0.287 e. The van der Waals surface area contributed by atoms with Crippen molar-refractivity contribution in [2.24, 2.45) is 0 Å². The number of halogens is 1. The molecule has 110 valence electrons. The van der Waals surface area contributed by atoms with Gasteiger partial charge < -0.3 is 9.88 Å². The minimum absolute atomic E-state index is 0.0923. The largest absolute Gasteiger partial charge is 0.337 e. The zero-order valence-electron chi connectivity index (χ0n) is 11.6. The van der Waals surface area contributed by atoms with Gasteiger partial charge in [0.05, 0.1) is 16.8 Å². The van der Waals surface area contributed by atoms with Crippen molar-refractivity contribution in [2.45, 2.75) is 20.4 Å². The predicted molar refractivity (Wildman–Crippen MR) is 83.6 cm³/mol. The number of amides is 1. The summed E-state index contributed by atoms with van der Waals surface area (Å²) in [6.07, 6.45) is 1.36. The van der Waals surface area contributed by atoms with E-state index in [0.29, 0.717) is 12.2 Å². The second-order valence-corrected chi connectivity index (χ2v) is 5.31. The molecule has 0 aliphatic carbocycles. The average molecular weight is 352 g/mol. The molecule has 7 heteroatoms. The maximum atomic E-state index is 12.3. The van der Waals surface area contributed by atoms with Crippen LogP contribution in [0.5, 0.6) is 0 Å². The molecule has 1 amide bonds. The number of hydrogen-bond donors (Lipinski definition) is 1. The van der Waals surface area contributed by atoms with Gasteiger partial charge >= 0.3 is 0 Å². The fourth-order valence-electron chi connectivity index (χ4n) is 1.98. The van der Waals surface area contributed by atoms with Gasteiger partial charge in [0.2, 0.25) is 0 Å². The molecule has 0 saturated heterocycles. The predicted octanol–water partition coefficient (Wildman–Crippen LogP) is 3.74. The minimum atomic E-state index is -0.508. The van der Waals surface area contributed by atoms with E-state index in [0.717, 1.165) is 10.0 Å². The Labute approximate surface area is 130 Å². The van der Waals surface area contributed by atoms with Crippen LogP contribution in [0.4, 0.5) is 11.4 Å². The van der Waals surface area contributed by atoms with E-state index in [2.05, 4.69) is 21.2 Å². The number of aromatic nitrogens is 1. The molecule has 0 unspecified atom stereocenters. The van der Waals surface area contributed by atoms with Crippen LogP contribution in [-0.4, -0.2) is 15.4 Å². The van der Waals surface area contributed by atoms with E-state index in [1.54, 1.807) is 10.6 Å². The molecule has 1 N–H and O–H groups in total. The van der Waals surface area contributed by atoms with Crippen LogP contribution in [0, 0.1) is 17.0 Å². The van der Waals surface area contributed by atoms with Crippen molar-refractivity contribution in [1.82, 2.24) is 4.57 Å². The van der Waals surface area contributed by atoms with Gasteiger partial charge in [-0.2, -0.15) is 0 Å². The number of hydrogen-bond acceptors (Lipinski definition) is 3. The number of nitrogens with one attached hydrogen (secondary N) is 1. The van der Waals surface area contributed by atoms with Gasteiger partial charge in [0, 0.05) is 17.1 Å². The highest BCUT2D eigenvalue weighted by Gasteiger charge is 2.19. The standard InChI is InChI=1S/C14H14BrN3O3/c1-3-17-8-10(18(20)21)7-12(17)14(19)16-11-6-4-5-9(2)13(11)15/h4-8H,3H2,1-2H3,(H,16,19). The first kappa shape index (κ1) is 15.2. The summed E-state index contributed by atoms with van der Waals surface area (Å²) in [6.45, 7) is 4.22. The molecule has 0 spiro atoms. The van der Waals surface area contributed by atoms with E-state index in [4.69, 9.17) is 0 Å². The lowest BCUT2D eigenvalue weighted by atomic mass is 10.2. The van der Waals surface area contributed by atoms with Crippen molar-refractivity contribution < 1.29 is 9.72 Å². The molecular weight excluding hydrogens is 338 g/mol. The van der Waals surface area contributed by atoms with E-state index in [1.807, 2.05) is 26.0 Å². The van der Waals surface area contributed by atoms with Gasteiger partial charge in [-0.3, -0.25) is 14.9 Å². The van der Waals surface area contributed by atoms with Crippen LogP contribution < -0.4 is 5.32 Å². The zero-order valence-corrected chi connectivity index (χ0v) is 13.2. The van der Waals surface area contributed by atoms with Crippen LogP contribution in [0.3, 0.4) is 0 Å². The third-order valence-corrected chi connectivity index (χ3v) is 4.16. The molecular formula is C14H14BrN3O3. The Morgan fingerprint density at radius 1 is 1.48 bits per heavy atom. The molecule has 0 atom stereocenters. The Morgan fingerprint density at radius 2 is 2.19 bits per heavy atom. The summed E-state index contributed by atoms with van der Waals surface area (Å²) in [7, 11) is 0. The van der Waals surface area contributed by atoms with Crippen LogP contribution in [0.15, 0.2) is 34.9 Å². The van der Waals surface area contributed by atoms with E-state index in [1.165, 1.54) is 12.3 Å². The van der Waals surface area contributed by atoms with E-state index < -0.39 is 4.92 Å². The Balaban J connectivity index is 2.32. The lowest BCUT2D eigenvalue weighted by molar-refractivity contribution is -0.384. The maximum Gasteiger partial charge on any atom is 0.287 e. The van der Waals surface area contributed by atoms with Gasteiger partial charge in [-0.1, -0.05) is 12.1 Å². The normalized spacial score (nSPS) is 10.4. The van der Waals surface area contributed by atoms with Crippen molar-refractivity contribution in [1.29, 1.82) is 0 Å². The number of rotatable bonds is 4. The van der Waals surface area contributed by atoms with Gasteiger partial charge in [-0.25, -0.2) is 0 Å². The number of aryl methyl sites for hydroxylation is 2. The van der Waals surface area contributed by atoms with Crippen LogP contribution in [0.2, 0.25) is 0 Å². The first-order valence-corrected chi connectivity index (χ1v) is 7.14. The van der Waals surface area contributed by atoms with E-state index in [-0.39, 0.29) is 17.3 Å². The zero-order chi connectivity index (χ0) is 15.6. The first-order valence-electron chi connectivity index (χ1n) is 6.35. The lowest BCUT2D eigenvalue weighted by Gasteiger charge is -2.10. The molecule has 0 radical (unpaired) electrons. The molecule has 1 aromatic heterocycles. The Morgan fingerprint density at radius 3 is 2.81 bits per heavy atom. The quantitative estimate of drug-likeness (QED) is 0.673. The van der Waals surface area contributed by atoms with Gasteiger partial charge in [-0.05, 0) is 41.4 Å². The highest BCUT2D eigenvalue weighted by molar-refractivity contribution is 9.10. The summed E-state index contributed by atoms with van der Waals surface area (Å²) in [4.78, 5) is 22.6. The molecule has 0 aliphatic rings. The third-order valence-electron chi connectivity index (χ3n) is 3.11. The minimum Gasteiger partial charge on any atom is -0.337 e. The number of carbonyl (C=O) groups excluding carboxylic acids is 1. The summed E-state index contributed by atoms with van der Waals surface area (Å²) < 4.78 is 2.35. The number of benzene rings is 1. The Kier molecular flexibility index (Phi) is 4.42. The second kappa shape index (κ2) is 6.09. The van der Waals surface area contributed by atoms with Gasteiger partial charge in [0.25, 0.3) is 11.6 Å². The molecule has 21 heavy (non-hydrogen) atoms.